The van der Waals surface area contributed by atoms with Gasteiger partial charge in [0.2, 0.25) is 0 Å². The highest BCUT2D eigenvalue weighted by Gasteiger charge is 2.32. The van der Waals surface area contributed by atoms with Gasteiger partial charge in [-0.2, -0.15) is 5.26 Å². The number of carbonyl (C=O) groups excluding carboxylic acids is 1. The van der Waals surface area contributed by atoms with Gasteiger partial charge in [0.05, 0.1) is 29.0 Å². The molecule has 1 aliphatic heterocycles. The SMILES string of the molecule is CCOSc1ccc(C2=NC(=O)c3c2c(O)c2ccccc2c3C#N)cc1. The van der Waals surface area contributed by atoms with E-state index in [0.717, 1.165) is 4.90 Å². The third-order valence-electron chi connectivity index (χ3n) is 4.36. The molecule has 4 rings (SSSR count). The molecule has 0 atom stereocenters. The number of amides is 1. The van der Waals surface area contributed by atoms with E-state index in [1.54, 1.807) is 24.3 Å². The standard InChI is InChI=1S/C21H14N2O3S/c1-2-26-27-13-9-7-12(8-10-13)19-18-17(21(25)23-19)16(11-22)14-5-3-4-6-15(14)20(18)24/h3-10,24H,2H2,1H3. The lowest BCUT2D eigenvalue weighted by atomic mass is 9.90. The summed E-state index contributed by atoms with van der Waals surface area (Å²) in [5.41, 5.74) is 1.79. The van der Waals surface area contributed by atoms with Gasteiger partial charge in [-0.3, -0.25) is 4.79 Å². The Morgan fingerprint density at radius 1 is 1.11 bits per heavy atom. The van der Waals surface area contributed by atoms with E-state index in [4.69, 9.17) is 4.18 Å². The Balaban J connectivity index is 1.89. The summed E-state index contributed by atoms with van der Waals surface area (Å²) >= 11 is 1.27. The van der Waals surface area contributed by atoms with Crippen LogP contribution in [-0.2, 0) is 4.18 Å². The molecule has 0 saturated carbocycles. The van der Waals surface area contributed by atoms with Gasteiger partial charge in [-0.1, -0.05) is 36.4 Å². The number of rotatable bonds is 4. The minimum atomic E-state index is -0.509. The Bertz CT molecular complexity index is 1140. The Labute approximate surface area is 160 Å². The fraction of sp³-hybridized carbons (Fsp3) is 0.0952. The van der Waals surface area contributed by atoms with E-state index in [0.29, 0.717) is 34.2 Å². The Morgan fingerprint density at radius 3 is 2.48 bits per heavy atom. The monoisotopic (exact) mass is 374 g/mol. The van der Waals surface area contributed by atoms with Crippen LogP contribution < -0.4 is 0 Å². The molecule has 132 valence electrons. The molecule has 1 amide bonds. The lowest BCUT2D eigenvalue weighted by Gasteiger charge is -2.11. The largest absolute Gasteiger partial charge is 0.507 e. The molecule has 0 radical (unpaired) electrons. The third kappa shape index (κ3) is 2.78. The summed E-state index contributed by atoms with van der Waals surface area (Å²) in [6, 6.07) is 16.5. The number of nitriles is 1. The zero-order valence-electron chi connectivity index (χ0n) is 14.4. The van der Waals surface area contributed by atoms with Crippen LogP contribution in [0.1, 0.15) is 34.0 Å². The van der Waals surface area contributed by atoms with Gasteiger partial charge < -0.3 is 9.29 Å². The molecule has 0 unspecified atom stereocenters. The van der Waals surface area contributed by atoms with Crippen molar-refractivity contribution >= 4 is 34.4 Å². The maximum atomic E-state index is 12.6. The molecule has 0 aromatic heterocycles. The zero-order valence-corrected chi connectivity index (χ0v) is 15.2. The molecule has 3 aromatic rings. The van der Waals surface area contributed by atoms with Crippen molar-refractivity contribution in [2.75, 3.05) is 6.61 Å². The lowest BCUT2D eigenvalue weighted by molar-refractivity contribution is 0.101. The molecule has 0 saturated heterocycles. The van der Waals surface area contributed by atoms with E-state index in [1.165, 1.54) is 12.0 Å². The second-order valence-corrected chi connectivity index (χ2v) is 6.78. The number of aliphatic imine (C=N–C) groups is 1. The maximum absolute atomic E-state index is 12.6. The van der Waals surface area contributed by atoms with Gasteiger partial charge in [-0.05, 0) is 19.1 Å². The van der Waals surface area contributed by atoms with Crippen LogP contribution in [0, 0.1) is 11.3 Å². The highest BCUT2D eigenvalue weighted by Crippen LogP contribution is 2.40. The highest BCUT2D eigenvalue weighted by molar-refractivity contribution is 7.94. The molecular weight excluding hydrogens is 360 g/mol. The van der Waals surface area contributed by atoms with Gasteiger partial charge >= 0.3 is 0 Å². The Hall–Kier alpha value is -3.14. The van der Waals surface area contributed by atoms with Crippen molar-refractivity contribution in [3.05, 3.63) is 70.8 Å². The van der Waals surface area contributed by atoms with Crippen LogP contribution in [0.15, 0.2) is 58.4 Å². The summed E-state index contributed by atoms with van der Waals surface area (Å²) in [6.45, 7) is 2.51. The van der Waals surface area contributed by atoms with Gasteiger partial charge in [-0.25, -0.2) is 4.99 Å². The number of nitrogens with zero attached hydrogens (tertiary/aromatic N) is 2. The third-order valence-corrected chi connectivity index (χ3v) is 5.18. The number of carbonyl (C=O) groups is 1. The molecule has 0 spiro atoms. The lowest BCUT2D eigenvalue weighted by Crippen LogP contribution is -2.04. The number of hydrogen-bond acceptors (Lipinski definition) is 5. The molecule has 1 heterocycles. The van der Waals surface area contributed by atoms with Gasteiger partial charge in [0.15, 0.2) is 0 Å². The molecule has 27 heavy (non-hydrogen) atoms. The first kappa shape index (κ1) is 17.3. The van der Waals surface area contributed by atoms with Crippen molar-refractivity contribution in [2.45, 2.75) is 11.8 Å². The fourth-order valence-corrected chi connectivity index (χ4v) is 3.70. The van der Waals surface area contributed by atoms with Crippen LogP contribution in [0.25, 0.3) is 10.8 Å². The topological polar surface area (TPSA) is 82.7 Å². The number of phenols is 1. The summed E-state index contributed by atoms with van der Waals surface area (Å²) in [5.74, 6) is -0.540. The van der Waals surface area contributed by atoms with Crippen molar-refractivity contribution in [2.24, 2.45) is 4.99 Å². The molecule has 1 N–H and O–H groups in total. The minimum absolute atomic E-state index is 0.0306. The van der Waals surface area contributed by atoms with Crippen LogP contribution in [0.3, 0.4) is 0 Å². The second kappa shape index (κ2) is 6.88. The van der Waals surface area contributed by atoms with Crippen molar-refractivity contribution in [3.63, 3.8) is 0 Å². The maximum Gasteiger partial charge on any atom is 0.279 e. The number of benzene rings is 3. The molecule has 6 heteroatoms. The molecule has 0 fully saturated rings. The van der Waals surface area contributed by atoms with E-state index < -0.39 is 5.91 Å². The summed E-state index contributed by atoms with van der Waals surface area (Å²) in [6.07, 6.45) is 0. The number of hydrogen-bond donors (Lipinski definition) is 1. The zero-order chi connectivity index (χ0) is 19.0. The van der Waals surface area contributed by atoms with E-state index in [1.807, 2.05) is 31.2 Å². The average molecular weight is 374 g/mol. The van der Waals surface area contributed by atoms with E-state index in [2.05, 4.69) is 11.1 Å². The molecule has 0 aliphatic carbocycles. The average Bonchev–Trinajstić information content (AvgIpc) is 3.05. The minimum Gasteiger partial charge on any atom is -0.507 e. The smallest absolute Gasteiger partial charge is 0.279 e. The summed E-state index contributed by atoms with van der Waals surface area (Å²) in [5, 5.41) is 21.5. The quantitative estimate of drug-likeness (QED) is 0.682. The van der Waals surface area contributed by atoms with E-state index in [-0.39, 0.29) is 16.9 Å². The van der Waals surface area contributed by atoms with Crippen molar-refractivity contribution in [1.82, 2.24) is 0 Å². The van der Waals surface area contributed by atoms with Crippen molar-refractivity contribution in [1.29, 1.82) is 5.26 Å². The highest BCUT2D eigenvalue weighted by atomic mass is 32.2. The Kier molecular flexibility index (Phi) is 4.40. The predicted octanol–water partition coefficient (Wildman–Crippen LogP) is 4.45. The summed E-state index contributed by atoms with van der Waals surface area (Å²) in [4.78, 5) is 17.6. The molecule has 1 aliphatic rings. The van der Waals surface area contributed by atoms with Gasteiger partial charge in [0.25, 0.3) is 5.91 Å². The molecule has 0 bridgehead atoms. The predicted molar refractivity (Wildman–Crippen MR) is 104 cm³/mol. The first-order valence-corrected chi connectivity index (χ1v) is 9.11. The van der Waals surface area contributed by atoms with Crippen molar-refractivity contribution in [3.8, 4) is 11.8 Å². The number of fused-ring (bicyclic) bond motifs is 2. The van der Waals surface area contributed by atoms with Crippen LogP contribution in [0.4, 0.5) is 0 Å². The van der Waals surface area contributed by atoms with Crippen LogP contribution >= 0.6 is 12.0 Å². The summed E-state index contributed by atoms with van der Waals surface area (Å²) < 4.78 is 5.31. The van der Waals surface area contributed by atoms with Crippen LogP contribution in [0.5, 0.6) is 5.75 Å². The second-order valence-electron chi connectivity index (χ2n) is 5.91. The molecule has 5 nitrogen and oxygen atoms in total. The van der Waals surface area contributed by atoms with Crippen molar-refractivity contribution < 1.29 is 14.1 Å². The number of aromatic hydroxyl groups is 1. The van der Waals surface area contributed by atoms with Gasteiger partial charge in [-0.15, -0.1) is 0 Å². The van der Waals surface area contributed by atoms with Gasteiger partial charge in [0.1, 0.15) is 11.8 Å². The van der Waals surface area contributed by atoms with Crippen LogP contribution in [0.2, 0.25) is 0 Å². The number of phenolic OH excluding ortho intramolecular Hbond substituents is 1. The fourth-order valence-electron chi connectivity index (χ4n) is 3.20. The van der Waals surface area contributed by atoms with E-state index in [9.17, 15) is 15.2 Å². The summed E-state index contributed by atoms with van der Waals surface area (Å²) in [7, 11) is 0. The van der Waals surface area contributed by atoms with E-state index >= 15 is 0 Å². The van der Waals surface area contributed by atoms with Crippen LogP contribution in [-0.4, -0.2) is 23.3 Å². The molecular formula is C21H14N2O3S. The molecule has 3 aromatic carbocycles. The Morgan fingerprint density at radius 2 is 1.81 bits per heavy atom. The normalized spacial score (nSPS) is 12.7. The first-order valence-electron chi connectivity index (χ1n) is 8.36. The van der Waals surface area contributed by atoms with Gasteiger partial charge in [0, 0.05) is 33.3 Å². The first-order chi connectivity index (χ1) is 13.2.